The Morgan fingerprint density at radius 3 is 2.39 bits per heavy atom. The van der Waals surface area contributed by atoms with Crippen LogP contribution in [0.25, 0.3) is 0 Å². The van der Waals surface area contributed by atoms with Gasteiger partial charge >= 0.3 is 0 Å². The summed E-state index contributed by atoms with van der Waals surface area (Å²) in [6.45, 7) is 9.72. The third kappa shape index (κ3) is 3.39. The molecule has 1 aromatic carbocycles. The Bertz CT molecular complexity index is 377. The van der Waals surface area contributed by atoms with Crippen molar-refractivity contribution in [2.45, 2.75) is 46.2 Å². The molecular weight excluding hydrogens is 226 g/mol. The molecule has 0 saturated heterocycles. The quantitative estimate of drug-likeness (QED) is 0.838. The maximum absolute atomic E-state index is 10.1. The molecule has 0 fully saturated rings. The van der Waals surface area contributed by atoms with E-state index in [0.717, 1.165) is 18.5 Å². The summed E-state index contributed by atoms with van der Waals surface area (Å²) in [5.41, 5.74) is 0.956. The van der Waals surface area contributed by atoms with E-state index >= 15 is 0 Å². The van der Waals surface area contributed by atoms with Crippen molar-refractivity contribution in [3.05, 3.63) is 23.8 Å². The summed E-state index contributed by atoms with van der Waals surface area (Å²) in [5.74, 6) is 0.999. The Kier molecular flexibility index (Phi) is 5.48. The summed E-state index contributed by atoms with van der Waals surface area (Å²) in [7, 11) is 1.61. The molecule has 0 aliphatic heterocycles. The number of hydrogen-bond donors (Lipinski definition) is 1. The lowest BCUT2D eigenvalue weighted by atomic mass is 10.0. The molecule has 0 aliphatic rings. The summed E-state index contributed by atoms with van der Waals surface area (Å²) in [6.07, 6.45) is 1.11. The van der Waals surface area contributed by atoms with Crippen molar-refractivity contribution in [3.63, 3.8) is 0 Å². The fraction of sp³-hybridized carbons (Fsp3) is 0.600. The number of phenolic OH excluding ortho intramolecular Hbond substituents is 1. The lowest BCUT2D eigenvalue weighted by Crippen LogP contribution is -2.34. The topological polar surface area (TPSA) is 32.7 Å². The Morgan fingerprint density at radius 1 is 1.28 bits per heavy atom. The number of benzene rings is 1. The number of phenols is 1. The van der Waals surface area contributed by atoms with Crippen molar-refractivity contribution in [1.82, 2.24) is 4.90 Å². The monoisotopic (exact) mass is 251 g/mol. The molecule has 0 bridgehead atoms. The van der Waals surface area contributed by atoms with Crippen LogP contribution >= 0.6 is 0 Å². The van der Waals surface area contributed by atoms with Crippen LogP contribution in [0.5, 0.6) is 11.5 Å². The SMILES string of the molecule is CCCN(C(C)C)C(C)c1ccc(OC)cc1O. The Morgan fingerprint density at radius 2 is 1.94 bits per heavy atom. The second kappa shape index (κ2) is 6.64. The average Bonchev–Trinajstić information content (AvgIpc) is 2.34. The predicted molar refractivity (Wildman–Crippen MR) is 75.2 cm³/mol. The fourth-order valence-corrected chi connectivity index (χ4v) is 2.34. The highest BCUT2D eigenvalue weighted by atomic mass is 16.5. The second-order valence-corrected chi connectivity index (χ2v) is 4.93. The van der Waals surface area contributed by atoms with Crippen molar-refractivity contribution in [1.29, 1.82) is 0 Å². The minimum absolute atomic E-state index is 0.204. The molecule has 0 aromatic heterocycles. The molecular formula is C15H25NO2. The highest BCUT2D eigenvalue weighted by molar-refractivity contribution is 5.41. The van der Waals surface area contributed by atoms with Gasteiger partial charge in [0, 0.05) is 23.7 Å². The van der Waals surface area contributed by atoms with E-state index in [4.69, 9.17) is 4.74 Å². The summed E-state index contributed by atoms with van der Waals surface area (Å²) in [5, 5.41) is 10.1. The van der Waals surface area contributed by atoms with Crippen LogP contribution in [-0.4, -0.2) is 29.7 Å². The average molecular weight is 251 g/mol. The molecule has 0 radical (unpaired) electrons. The van der Waals surface area contributed by atoms with Gasteiger partial charge in [-0.05, 0) is 39.8 Å². The van der Waals surface area contributed by atoms with Gasteiger partial charge in [-0.15, -0.1) is 0 Å². The standard InChI is InChI=1S/C15H25NO2/c1-6-9-16(11(2)3)12(4)14-8-7-13(18-5)10-15(14)17/h7-8,10-12,17H,6,9H2,1-5H3. The van der Waals surface area contributed by atoms with Gasteiger partial charge in [-0.25, -0.2) is 0 Å². The van der Waals surface area contributed by atoms with E-state index in [0.29, 0.717) is 17.5 Å². The number of ether oxygens (including phenoxy) is 1. The number of nitrogens with zero attached hydrogens (tertiary/aromatic N) is 1. The van der Waals surface area contributed by atoms with Crippen molar-refractivity contribution in [2.75, 3.05) is 13.7 Å². The third-order valence-corrected chi connectivity index (χ3v) is 3.33. The van der Waals surface area contributed by atoms with E-state index in [-0.39, 0.29) is 6.04 Å². The normalized spacial score (nSPS) is 13.1. The first-order valence-electron chi connectivity index (χ1n) is 6.63. The van der Waals surface area contributed by atoms with Gasteiger partial charge in [-0.2, -0.15) is 0 Å². The van der Waals surface area contributed by atoms with Crippen LogP contribution in [-0.2, 0) is 0 Å². The van der Waals surface area contributed by atoms with Gasteiger partial charge in [0.25, 0.3) is 0 Å². The van der Waals surface area contributed by atoms with Crippen molar-refractivity contribution < 1.29 is 9.84 Å². The summed E-state index contributed by atoms with van der Waals surface area (Å²) >= 11 is 0. The van der Waals surface area contributed by atoms with Gasteiger partial charge in [-0.1, -0.05) is 13.0 Å². The van der Waals surface area contributed by atoms with Crippen LogP contribution in [0, 0.1) is 0 Å². The summed E-state index contributed by atoms with van der Waals surface area (Å²) < 4.78 is 5.11. The minimum Gasteiger partial charge on any atom is -0.507 e. The summed E-state index contributed by atoms with van der Waals surface area (Å²) in [6, 6.07) is 6.19. The number of hydrogen-bond acceptors (Lipinski definition) is 3. The molecule has 0 saturated carbocycles. The first-order chi connectivity index (χ1) is 8.51. The van der Waals surface area contributed by atoms with Crippen LogP contribution in [0.2, 0.25) is 0 Å². The van der Waals surface area contributed by atoms with Crippen molar-refractivity contribution in [2.24, 2.45) is 0 Å². The molecule has 1 rings (SSSR count). The first-order valence-corrected chi connectivity index (χ1v) is 6.63. The fourth-order valence-electron chi connectivity index (χ4n) is 2.34. The van der Waals surface area contributed by atoms with Crippen LogP contribution in [0.3, 0.4) is 0 Å². The Labute approximate surface area is 110 Å². The number of methoxy groups -OCH3 is 1. The van der Waals surface area contributed by atoms with Gasteiger partial charge in [0.15, 0.2) is 0 Å². The zero-order chi connectivity index (χ0) is 13.7. The van der Waals surface area contributed by atoms with Gasteiger partial charge in [0.1, 0.15) is 11.5 Å². The smallest absolute Gasteiger partial charge is 0.124 e. The molecule has 18 heavy (non-hydrogen) atoms. The lowest BCUT2D eigenvalue weighted by Gasteiger charge is -2.33. The number of aromatic hydroxyl groups is 1. The molecule has 1 atom stereocenters. The first kappa shape index (κ1) is 14.8. The van der Waals surface area contributed by atoms with Gasteiger partial charge < -0.3 is 9.84 Å². The molecule has 1 N–H and O–H groups in total. The van der Waals surface area contributed by atoms with E-state index in [1.807, 2.05) is 12.1 Å². The largest absolute Gasteiger partial charge is 0.507 e. The highest BCUT2D eigenvalue weighted by Crippen LogP contribution is 2.32. The van der Waals surface area contributed by atoms with Crippen LogP contribution in [0.1, 0.15) is 45.7 Å². The zero-order valence-corrected chi connectivity index (χ0v) is 12.1. The van der Waals surface area contributed by atoms with Crippen molar-refractivity contribution >= 4 is 0 Å². The molecule has 0 amide bonds. The maximum Gasteiger partial charge on any atom is 0.124 e. The molecule has 1 aromatic rings. The Hall–Kier alpha value is -1.22. The molecule has 0 aliphatic carbocycles. The number of rotatable bonds is 6. The highest BCUT2D eigenvalue weighted by Gasteiger charge is 2.20. The minimum atomic E-state index is 0.204. The van der Waals surface area contributed by atoms with Crippen molar-refractivity contribution in [3.8, 4) is 11.5 Å². The molecule has 102 valence electrons. The van der Waals surface area contributed by atoms with E-state index in [2.05, 4.69) is 32.6 Å². The summed E-state index contributed by atoms with van der Waals surface area (Å²) in [4.78, 5) is 2.39. The van der Waals surface area contributed by atoms with E-state index < -0.39 is 0 Å². The van der Waals surface area contributed by atoms with Crippen LogP contribution in [0.4, 0.5) is 0 Å². The molecule has 0 heterocycles. The van der Waals surface area contributed by atoms with E-state index in [1.165, 1.54) is 0 Å². The third-order valence-electron chi connectivity index (χ3n) is 3.33. The lowest BCUT2D eigenvalue weighted by molar-refractivity contribution is 0.162. The van der Waals surface area contributed by atoms with Gasteiger partial charge in [0.2, 0.25) is 0 Å². The maximum atomic E-state index is 10.1. The predicted octanol–water partition coefficient (Wildman–Crippen LogP) is 3.58. The van der Waals surface area contributed by atoms with Crippen LogP contribution in [0.15, 0.2) is 18.2 Å². The second-order valence-electron chi connectivity index (χ2n) is 4.93. The molecule has 3 heteroatoms. The molecule has 1 unspecified atom stereocenters. The van der Waals surface area contributed by atoms with E-state index in [9.17, 15) is 5.11 Å². The van der Waals surface area contributed by atoms with E-state index in [1.54, 1.807) is 13.2 Å². The zero-order valence-electron chi connectivity index (χ0n) is 12.1. The molecule has 0 spiro atoms. The molecule has 3 nitrogen and oxygen atoms in total. The Balaban J connectivity index is 2.97. The van der Waals surface area contributed by atoms with Gasteiger partial charge in [-0.3, -0.25) is 4.90 Å². The van der Waals surface area contributed by atoms with Crippen LogP contribution < -0.4 is 4.74 Å². The van der Waals surface area contributed by atoms with Gasteiger partial charge in [0.05, 0.1) is 7.11 Å².